The van der Waals surface area contributed by atoms with Crippen LogP contribution in [0.15, 0.2) is 71.9 Å². The molecule has 0 spiro atoms. The van der Waals surface area contributed by atoms with Crippen molar-refractivity contribution >= 4 is 21.9 Å². The van der Waals surface area contributed by atoms with Crippen LogP contribution < -0.4 is 0 Å². The van der Waals surface area contributed by atoms with Gasteiger partial charge in [-0.05, 0) is 55.6 Å². The maximum atomic E-state index is 5.24. The first-order valence-corrected chi connectivity index (χ1v) is 10.6. The van der Waals surface area contributed by atoms with Gasteiger partial charge in [0.2, 0.25) is 0 Å². The van der Waals surface area contributed by atoms with Crippen LogP contribution in [-0.2, 0) is 6.54 Å². The highest BCUT2D eigenvalue weighted by atomic mass is 16.3. The molecule has 6 rings (SSSR count). The average molecular weight is 435 g/mol. The van der Waals surface area contributed by atoms with Crippen LogP contribution in [0.4, 0.5) is 0 Å². The molecule has 5 heterocycles. The van der Waals surface area contributed by atoms with Gasteiger partial charge in [0, 0.05) is 41.6 Å². The number of nitrogens with one attached hydrogen (secondary N) is 2. The quantitative estimate of drug-likeness (QED) is 0.400. The number of hydrogen-bond donors (Lipinski definition) is 2. The molecular weight excluding hydrogens is 414 g/mol. The van der Waals surface area contributed by atoms with E-state index in [9.17, 15) is 0 Å². The molecular formula is C25H21N7O. The Morgan fingerprint density at radius 1 is 0.939 bits per heavy atom. The van der Waals surface area contributed by atoms with E-state index < -0.39 is 0 Å². The summed E-state index contributed by atoms with van der Waals surface area (Å²) in [6.07, 6.45) is 8.87. The van der Waals surface area contributed by atoms with E-state index in [-0.39, 0.29) is 0 Å². The zero-order chi connectivity index (χ0) is 22.4. The van der Waals surface area contributed by atoms with Crippen molar-refractivity contribution in [2.75, 3.05) is 14.1 Å². The number of benzene rings is 1. The zero-order valence-electron chi connectivity index (χ0n) is 18.2. The number of H-pyrrole nitrogens is 2. The lowest BCUT2D eigenvalue weighted by molar-refractivity contribution is 0.402. The van der Waals surface area contributed by atoms with Gasteiger partial charge in [-0.2, -0.15) is 5.10 Å². The average Bonchev–Trinajstić information content (AvgIpc) is 3.57. The fourth-order valence-electron chi connectivity index (χ4n) is 4.13. The summed E-state index contributed by atoms with van der Waals surface area (Å²) < 4.78 is 5.24. The molecule has 5 aromatic heterocycles. The maximum absolute atomic E-state index is 5.24. The number of aromatic nitrogens is 6. The molecule has 2 N–H and O–H groups in total. The Hall–Kier alpha value is -4.30. The van der Waals surface area contributed by atoms with Crippen LogP contribution >= 0.6 is 0 Å². The number of aromatic amines is 2. The highest BCUT2D eigenvalue weighted by molar-refractivity contribution is 5.97. The van der Waals surface area contributed by atoms with Gasteiger partial charge in [-0.3, -0.25) is 15.1 Å². The predicted octanol–water partition coefficient (Wildman–Crippen LogP) is 4.88. The third kappa shape index (κ3) is 3.46. The summed E-state index contributed by atoms with van der Waals surface area (Å²) in [6, 6.07) is 12.2. The van der Waals surface area contributed by atoms with E-state index in [2.05, 4.69) is 62.3 Å². The summed E-state index contributed by atoms with van der Waals surface area (Å²) in [5.74, 6) is 0.686. The van der Waals surface area contributed by atoms with Crippen molar-refractivity contribution in [1.29, 1.82) is 0 Å². The van der Waals surface area contributed by atoms with Crippen LogP contribution in [0.3, 0.4) is 0 Å². The normalized spacial score (nSPS) is 11.7. The molecule has 33 heavy (non-hydrogen) atoms. The van der Waals surface area contributed by atoms with Crippen LogP contribution in [0, 0.1) is 0 Å². The van der Waals surface area contributed by atoms with Crippen molar-refractivity contribution in [3.8, 4) is 33.9 Å². The lowest BCUT2D eigenvalue weighted by Gasteiger charge is -2.10. The Balaban J connectivity index is 1.45. The van der Waals surface area contributed by atoms with Gasteiger partial charge in [-0.25, -0.2) is 4.98 Å². The summed E-state index contributed by atoms with van der Waals surface area (Å²) in [7, 11) is 4.11. The minimum absolute atomic E-state index is 0.686. The Morgan fingerprint density at radius 2 is 1.88 bits per heavy atom. The van der Waals surface area contributed by atoms with E-state index >= 15 is 0 Å². The molecule has 0 fully saturated rings. The SMILES string of the molecule is CN(C)Cc1cncc(-c2ccc3[nH]nc(-c4nc5c(-c6ccoc6)nccc5[nH]4)c3c2)c1. The van der Waals surface area contributed by atoms with Crippen molar-refractivity contribution in [2.24, 2.45) is 0 Å². The van der Waals surface area contributed by atoms with Gasteiger partial charge in [-0.15, -0.1) is 0 Å². The van der Waals surface area contributed by atoms with Crippen LogP contribution in [0.2, 0.25) is 0 Å². The molecule has 162 valence electrons. The Bertz CT molecular complexity index is 1580. The highest BCUT2D eigenvalue weighted by Gasteiger charge is 2.17. The number of rotatable bonds is 5. The summed E-state index contributed by atoms with van der Waals surface area (Å²) >= 11 is 0. The maximum Gasteiger partial charge on any atom is 0.159 e. The molecule has 0 aliphatic heterocycles. The summed E-state index contributed by atoms with van der Waals surface area (Å²) in [5.41, 5.74) is 8.35. The molecule has 0 aliphatic rings. The van der Waals surface area contributed by atoms with Crippen LogP contribution in [0.25, 0.3) is 55.8 Å². The zero-order valence-corrected chi connectivity index (χ0v) is 18.2. The van der Waals surface area contributed by atoms with Gasteiger partial charge < -0.3 is 14.3 Å². The standard InChI is InChI=1S/C25H21N7O/c1-32(2)13-15-9-18(12-26-11-15)16-3-4-20-19(10-16)23(31-30-20)25-28-21-5-7-27-22(24(21)29-25)17-6-8-33-14-17/h3-12,14H,13H2,1-2H3,(H,28,29)(H,30,31). The Labute approximate surface area is 189 Å². The summed E-state index contributed by atoms with van der Waals surface area (Å²) in [4.78, 5) is 19.3. The number of fused-ring (bicyclic) bond motifs is 2. The number of furan rings is 1. The molecule has 0 atom stereocenters. The molecule has 0 amide bonds. The molecule has 0 aliphatic carbocycles. The first-order chi connectivity index (χ1) is 16.2. The van der Waals surface area contributed by atoms with E-state index in [1.54, 1.807) is 18.7 Å². The predicted molar refractivity (Wildman–Crippen MR) is 127 cm³/mol. The fourth-order valence-corrected chi connectivity index (χ4v) is 4.13. The van der Waals surface area contributed by atoms with Crippen molar-refractivity contribution in [2.45, 2.75) is 6.54 Å². The molecule has 0 radical (unpaired) electrons. The highest BCUT2D eigenvalue weighted by Crippen LogP contribution is 2.32. The molecule has 1 aromatic carbocycles. The minimum Gasteiger partial charge on any atom is -0.472 e. The molecule has 8 nitrogen and oxygen atoms in total. The van der Waals surface area contributed by atoms with Gasteiger partial charge >= 0.3 is 0 Å². The van der Waals surface area contributed by atoms with Crippen molar-refractivity contribution in [3.05, 3.63) is 73.1 Å². The van der Waals surface area contributed by atoms with E-state index in [1.807, 2.05) is 30.6 Å². The Kier molecular flexibility index (Phi) is 4.51. The van der Waals surface area contributed by atoms with Gasteiger partial charge in [0.05, 0.1) is 23.6 Å². The second kappa shape index (κ2) is 7.68. The summed E-state index contributed by atoms with van der Waals surface area (Å²) in [5, 5.41) is 8.68. The Morgan fingerprint density at radius 3 is 2.73 bits per heavy atom. The van der Waals surface area contributed by atoms with E-state index in [0.29, 0.717) is 5.82 Å². The topological polar surface area (TPSA) is 99.5 Å². The number of nitrogens with zero attached hydrogens (tertiary/aromatic N) is 5. The molecule has 0 bridgehead atoms. The number of imidazole rings is 1. The third-order valence-electron chi connectivity index (χ3n) is 5.61. The van der Waals surface area contributed by atoms with E-state index in [1.165, 1.54) is 5.56 Å². The first kappa shape index (κ1) is 19.4. The first-order valence-electron chi connectivity index (χ1n) is 10.6. The summed E-state index contributed by atoms with van der Waals surface area (Å²) in [6.45, 7) is 0.839. The van der Waals surface area contributed by atoms with Gasteiger partial charge in [0.1, 0.15) is 16.9 Å². The smallest absolute Gasteiger partial charge is 0.159 e. The third-order valence-corrected chi connectivity index (χ3v) is 5.61. The monoisotopic (exact) mass is 435 g/mol. The van der Waals surface area contributed by atoms with Crippen molar-refractivity contribution in [3.63, 3.8) is 0 Å². The minimum atomic E-state index is 0.686. The second-order valence-electron chi connectivity index (χ2n) is 8.31. The molecule has 0 unspecified atom stereocenters. The van der Waals surface area contributed by atoms with Gasteiger partial charge in [-0.1, -0.05) is 6.07 Å². The molecule has 6 aromatic rings. The van der Waals surface area contributed by atoms with Crippen LogP contribution in [-0.4, -0.2) is 49.1 Å². The van der Waals surface area contributed by atoms with Gasteiger partial charge in [0.25, 0.3) is 0 Å². The lowest BCUT2D eigenvalue weighted by atomic mass is 10.0. The van der Waals surface area contributed by atoms with E-state index in [0.717, 1.165) is 56.6 Å². The second-order valence-corrected chi connectivity index (χ2v) is 8.31. The number of pyridine rings is 2. The molecule has 0 saturated carbocycles. The van der Waals surface area contributed by atoms with Crippen LogP contribution in [0.1, 0.15) is 5.56 Å². The van der Waals surface area contributed by atoms with E-state index in [4.69, 9.17) is 9.40 Å². The molecule has 0 saturated heterocycles. The van der Waals surface area contributed by atoms with Gasteiger partial charge in [0.15, 0.2) is 5.82 Å². The lowest BCUT2D eigenvalue weighted by Crippen LogP contribution is -2.10. The fraction of sp³-hybridized carbons (Fsp3) is 0.120. The largest absolute Gasteiger partial charge is 0.472 e. The van der Waals surface area contributed by atoms with Crippen LogP contribution in [0.5, 0.6) is 0 Å². The van der Waals surface area contributed by atoms with Crippen molar-refractivity contribution < 1.29 is 4.42 Å². The number of hydrogen-bond acceptors (Lipinski definition) is 6. The van der Waals surface area contributed by atoms with Crippen molar-refractivity contribution in [1.82, 2.24) is 35.0 Å². The molecule has 8 heteroatoms.